The minimum absolute atomic E-state index is 0.522. The van der Waals surface area contributed by atoms with Crippen LogP contribution >= 0.6 is 0 Å². The number of anilines is 1. The maximum Gasteiger partial charge on any atom is 0.142 e. The average Bonchev–Trinajstić information content (AvgIpc) is 2.72. The molecule has 0 radical (unpaired) electrons. The molecule has 16 heavy (non-hydrogen) atoms. The molecule has 0 fully saturated rings. The Hall–Kier alpha value is -1.22. The highest BCUT2D eigenvalue weighted by atomic mass is 16.5. The van der Waals surface area contributed by atoms with Crippen molar-refractivity contribution in [2.24, 2.45) is 5.73 Å². The number of methoxy groups -OCH3 is 1. The average molecular weight is 220 g/mol. The summed E-state index contributed by atoms with van der Waals surface area (Å²) < 4.78 is 5.38. The Bertz CT molecular complexity index is 376. The lowest BCUT2D eigenvalue weighted by Crippen LogP contribution is -2.17. The van der Waals surface area contributed by atoms with E-state index in [1.54, 1.807) is 7.11 Å². The fraction of sp³-hybridized carbons (Fsp3) is 0.538. The van der Waals surface area contributed by atoms with Crippen LogP contribution in [0.2, 0.25) is 0 Å². The summed E-state index contributed by atoms with van der Waals surface area (Å²) in [7, 11) is 1.72. The number of ether oxygens (including phenoxy) is 1. The van der Waals surface area contributed by atoms with E-state index in [1.165, 1.54) is 16.8 Å². The zero-order valence-electron chi connectivity index (χ0n) is 10.0. The molecule has 3 N–H and O–H groups in total. The first-order chi connectivity index (χ1) is 7.76. The molecular weight excluding hydrogens is 200 g/mol. The van der Waals surface area contributed by atoms with Crippen LogP contribution in [0.4, 0.5) is 5.69 Å². The van der Waals surface area contributed by atoms with Crippen LogP contribution in [0.1, 0.15) is 24.0 Å². The summed E-state index contributed by atoms with van der Waals surface area (Å²) >= 11 is 0. The van der Waals surface area contributed by atoms with Crippen LogP contribution in [0, 0.1) is 6.92 Å². The van der Waals surface area contributed by atoms with Gasteiger partial charge in [-0.15, -0.1) is 0 Å². The van der Waals surface area contributed by atoms with Crippen molar-refractivity contribution in [2.45, 2.75) is 32.2 Å². The molecule has 1 heterocycles. The molecule has 0 aliphatic carbocycles. The van der Waals surface area contributed by atoms with E-state index >= 15 is 0 Å². The van der Waals surface area contributed by atoms with Crippen molar-refractivity contribution < 1.29 is 4.74 Å². The molecule has 3 heteroatoms. The summed E-state index contributed by atoms with van der Waals surface area (Å²) in [5, 5.41) is 3.55. The van der Waals surface area contributed by atoms with Crippen LogP contribution in [-0.4, -0.2) is 19.7 Å². The monoisotopic (exact) mass is 220 g/mol. The molecule has 0 aromatic heterocycles. The largest absolute Gasteiger partial charge is 0.495 e. The second-order valence-corrected chi connectivity index (χ2v) is 4.41. The van der Waals surface area contributed by atoms with E-state index in [2.05, 4.69) is 18.3 Å². The van der Waals surface area contributed by atoms with Gasteiger partial charge in [0.05, 0.1) is 12.8 Å². The first kappa shape index (κ1) is 11.3. The van der Waals surface area contributed by atoms with Gasteiger partial charge in [-0.3, -0.25) is 0 Å². The Labute approximate surface area is 97.0 Å². The zero-order valence-corrected chi connectivity index (χ0v) is 10.0. The maximum absolute atomic E-state index is 5.55. The van der Waals surface area contributed by atoms with Gasteiger partial charge in [-0.25, -0.2) is 0 Å². The summed E-state index contributed by atoms with van der Waals surface area (Å²) in [6.45, 7) is 2.93. The summed E-state index contributed by atoms with van der Waals surface area (Å²) in [6, 6.07) is 4.69. The van der Waals surface area contributed by atoms with Gasteiger partial charge in [-0.1, -0.05) is 6.07 Å². The first-order valence-electron chi connectivity index (χ1n) is 5.89. The number of benzene rings is 1. The molecule has 1 aromatic carbocycles. The molecule has 0 bridgehead atoms. The highest BCUT2D eigenvalue weighted by molar-refractivity contribution is 5.68. The van der Waals surface area contributed by atoms with Crippen molar-refractivity contribution >= 4 is 5.69 Å². The number of hydrogen-bond acceptors (Lipinski definition) is 3. The van der Waals surface area contributed by atoms with Gasteiger partial charge < -0.3 is 15.8 Å². The Balaban J connectivity index is 2.18. The van der Waals surface area contributed by atoms with Crippen LogP contribution in [-0.2, 0) is 6.42 Å². The summed E-state index contributed by atoms with van der Waals surface area (Å²) in [6.07, 6.45) is 3.30. The number of aryl methyl sites for hydroxylation is 1. The zero-order chi connectivity index (χ0) is 11.5. The third kappa shape index (κ3) is 2.00. The van der Waals surface area contributed by atoms with Gasteiger partial charge in [0.25, 0.3) is 0 Å². The fourth-order valence-electron chi connectivity index (χ4n) is 2.36. The van der Waals surface area contributed by atoms with Crippen molar-refractivity contribution in [1.29, 1.82) is 0 Å². The van der Waals surface area contributed by atoms with E-state index in [9.17, 15) is 0 Å². The lowest BCUT2D eigenvalue weighted by atomic mass is 10.0. The molecule has 1 atom stereocenters. The molecule has 1 aromatic rings. The molecule has 1 aliphatic heterocycles. The van der Waals surface area contributed by atoms with E-state index in [4.69, 9.17) is 10.5 Å². The summed E-state index contributed by atoms with van der Waals surface area (Å²) in [4.78, 5) is 0. The van der Waals surface area contributed by atoms with E-state index in [0.717, 1.165) is 31.6 Å². The van der Waals surface area contributed by atoms with E-state index in [1.807, 2.05) is 6.07 Å². The number of hydrogen-bond donors (Lipinski definition) is 2. The Morgan fingerprint density at radius 1 is 1.50 bits per heavy atom. The number of nitrogens with two attached hydrogens (primary N) is 1. The van der Waals surface area contributed by atoms with Crippen LogP contribution in [0.3, 0.4) is 0 Å². The number of rotatable bonds is 4. The molecule has 2 rings (SSSR count). The predicted molar refractivity (Wildman–Crippen MR) is 67.1 cm³/mol. The molecule has 0 amide bonds. The van der Waals surface area contributed by atoms with Gasteiger partial charge in [0.1, 0.15) is 5.75 Å². The van der Waals surface area contributed by atoms with Crippen molar-refractivity contribution in [3.8, 4) is 5.75 Å². The molecule has 3 nitrogen and oxygen atoms in total. The van der Waals surface area contributed by atoms with Crippen molar-refractivity contribution in [3.63, 3.8) is 0 Å². The Morgan fingerprint density at radius 2 is 2.31 bits per heavy atom. The third-order valence-corrected chi connectivity index (χ3v) is 3.28. The maximum atomic E-state index is 5.55. The van der Waals surface area contributed by atoms with Gasteiger partial charge in [0, 0.05) is 6.04 Å². The normalized spacial score (nSPS) is 18.1. The molecule has 1 aliphatic rings. The third-order valence-electron chi connectivity index (χ3n) is 3.28. The predicted octanol–water partition coefficient (Wildman–Crippen LogP) is 2.08. The molecule has 1 unspecified atom stereocenters. The minimum Gasteiger partial charge on any atom is -0.495 e. The lowest BCUT2D eigenvalue weighted by Gasteiger charge is -2.11. The van der Waals surface area contributed by atoms with E-state index < -0.39 is 0 Å². The van der Waals surface area contributed by atoms with Crippen LogP contribution in [0.15, 0.2) is 12.1 Å². The Kier molecular flexibility index (Phi) is 3.34. The second-order valence-electron chi connectivity index (χ2n) is 4.41. The summed E-state index contributed by atoms with van der Waals surface area (Å²) in [5.74, 6) is 0.954. The van der Waals surface area contributed by atoms with Crippen molar-refractivity contribution in [2.75, 3.05) is 19.0 Å². The van der Waals surface area contributed by atoms with E-state index in [-0.39, 0.29) is 0 Å². The van der Waals surface area contributed by atoms with Gasteiger partial charge in [-0.2, -0.15) is 0 Å². The van der Waals surface area contributed by atoms with Gasteiger partial charge in [0.2, 0.25) is 0 Å². The van der Waals surface area contributed by atoms with Crippen LogP contribution in [0.25, 0.3) is 0 Å². The van der Waals surface area contributed by atoms with Crippen molar-refractivity contribution in [1.82, 2.24) is 0 Å². The molecule has 0 saturated carbocycles. The van der Waals surface area contributed by atoms with Crippen LogP contribution < -0.4 is 15.8 Å². The second kappa shape index (κ2) is 4.74. The molecule has 0 saturated heterocycles. The highest BCUT2D eigenvalue weighted by Gasteiger charge is 2.24. The smallest absolute Gasteiger partial charge is 0.142 e. The summed E-state index contributed by atoms with van der Waals surface area (Å²) in [5.41, 5.74) is 9.48. The standard InChI is InChI=1S/C13H20N2O/c1-9-5-6-12(16-2)13-11(9)8-10(15-13)4-3-7-14/h5-6,10,15H,3-4,7-8,14H2,1-2H3. The minimum atomic E-state index is 0.522. The SMILES string of the molecule is COc1ccc(C)c2c1NC(CCCN)C2. The van der Waals surface area contributed by atoms with Crippen LogP contribution in [0.5, 0.6) is 5.75 Å². The number of nitrogens with one attached hydrogen (secondary N) is 1. The van der Waals surface area contributed by atoms with Crippen molar-refractivity contribution in [3.05, 3.63) is 23.3 Å². The first-order valence-corrected chi connectivity index (χ1v) is 5.89. The van der Waals surface area contributed by atoms with Gasteiger partial charge in [0.15, 0.2) is 0 Å². The molecular formula is C13H20N2O. The quantitative estimate of drug-likeness (QED) is 0.816. The lowest BCUT2D eigenvalue weighted by molar-refractivity contribution is 0.416. The topological polar surface area (TPSA) is 47.3 Å². The van der Waals surface area contributed by atoms with Gasteiger partial charge >= 0.3 is 0 Å². The Morgan fingerprint density at radius 3 is 3.00 bits per heavy atom. The van der Waals surface area contributed by atoms with Gasteiger partial charge in [-0.05, 0) is 49.9 Å². The highest BCUT2D eigenvalue weighted by Crippen LogP contribution is 2.37. The fourth-order valence-corrected chi connectivity index (χ4v) is 2.36. The number of fused-ring (bicyclic) bond motifs is 1. The van der Waals surface area contributed by atoms with E-state index in [0.29, 0.717) is 6.04 Å². The molecule has 88 valence electrons. The molecule has 0 spiro atoms.